The maximum Gasteiger partial charge on any atom is 0.281 e. The molecular weight excluding hydrogens is 280 g/mol. The van der Waals surface area contributed by atoms with Crippen LogP contribution in [0.4, 0.5) is 0 Å². The van der Waals surface area contributed by atoms with E-state index in [0.717, 1.165) is 30.8 Å². The molecule has 2 aromatic heterocycles. The summed E-state index contributed by atoms with van der Waals surface area (Å²) in [6.07, 6.45) is 6.60. The molecule has 6 heteroatoms. The lowest BCUT2D eigenvalue weighted by atomic mass is 10.0. The fourth-order valence-electron chi connectivity index (χ4n) is 2.71. The highest BCUT2D eigenvalue weighted by Gasteiger charge is 2.12. The topological polar surface area (TPSA) is 69.9 Å². The molecule has 6 nitrogen and oxygen atoms in total. The number of aromatic nitrogens is 4. The van der Waals surface area contributed by atoms with Crippen LogP contribution in [0.5, 0.6) is 5.75 Å². The van der Waals surface area contributed by atoms with E-state index in [-0.39, 0.29) is 5.56 Å². The van der Waals surface area contributed by atoms with E-state index in [1.54, 1.807) is 4.57 Å². The molecule has 0 bridgehead atoms. The summed E-state index contributed by atoms with van der Waals surface area (Å²) in [5.41, 5.74) is 2.75. The van der Waals surface area contributed by atoms with Crippen LogP contribution in [0.3, 0.4) is 0 Å². The monoisotopic (exact) mass is 294 g/mol. The minimum absolute atomic E-state index is 0.174. The third kappa shape index (κ3) is 2.22. The minimum Gasteiger partial charge on any atom is -0.493 e. The molecule has 1 aromatic carbocycles. The molecule has 1 aliphatic rings. The van der Waals surface area contributed by atoms with Crippen molar-refractivity contribution < 1.29 is 4.74 Å². The van der Waals surface area contributed by atoms with Crippen molar-refractivity contribution in [1.29, 1.82) is 0 Å². The molecule has 4 rings (SSSR count). The first kappa shape index (κ1) is 12.9. The number of nitrogens with zero attached hydrogens (tertiary/aromatic N) is 4. The summed E-state index contributed by atoms with van der Waals surface area (Å²) in [5, 5.41) is 0. The molecule has 1 aliphatic heterocycles. The Labute approximate surface area is 126 Å². The van der Waals surface area contributed by atoms with Gasteiger partial charge in [-0.1, -0.05) is 12.1 Å². The lowest BCUT2D eigenvalue weighted by Crippen LogP contribution is -2.22. The van der Waals surface area contributed by atoms with Crippen molar-refractivity contribution in [2.24, 2.45) is 0 Å². The Morgan fingerprint density at radius 2 is 2.09 bits per heavy atom. The molecule has 0 radical (unpaired) electrons. The SMILES string of the molecule is O=c1c2nccnc2ncn1Cc1ccc2c(c1)CCCO2. The van der Waals surface area contributed by atoms with Gasteiger partial charge in [-0.2, -0.15) is 0 Å². The average Bonchev–Trinajstić information content (AvgIpc) is 2.57. The van der Waals surface area contributed by atoms with Gasteiger partial charge in [-0.05, 0) is 30.0 Å². The van der Waals surface area contributed by atoms with Crippen molar-refractivity contribution in [3.63, 3.8) is 0 Å². The van der Waals surface area contributed by atoms with Gasteiger partial charge in [-0.3, -0.25) is 9.36 Å². The van der Waals surface area contributed by atoms with Gasteiger partial charge in [0.1, 0.15) is 12.1 Å². The number of benzene rings is 1. The van der Waals surface area contributed by atoms with Gasteiger partial charge in [-0.15, -0.1) is 0 Å². The van der Waals surface area contributed by atoms with E-state index in [0.29, 0.717) is 17.7 Å². The first-order valence-electron chi connectivity index (χ1n) is 7.22. The predicted molar refractivity (Wildman–Crippen MR) is 81.0 cm³/mol. The van der Waals surface area contributed by atoms with Crippen molar-refractivity contribution in [3.8, 4) is 5.75 Å². The number of hydrogen-bond donors (Lipinski definition) is 0. The largest absolute Gasteiger partial charge is 0.493 e. The van der Waals surface area contributed by atoms with Crippen LogP contribution >= 0.6 is 0 Å². The van der Waals surface area contributed by atoms with Crippen molar-refractivity contribution in [3.05, 3.63) is 58.4 Å². The molecule has 110 valence electrons. The van der Waals surface area contributed by atoms with Crippen LogP contribution in [-0.4, -0.2) is 26.1 Å². The Bertz CT molecular complexity index is 904. The summed E-state index contributed by atoms with van der Waals surface area (Å²) < 4.78 is 7.17. The second kappa shape index (κ2) is 5.22. The molecule has 0 amide bonds. The third-order valence-corrected chi connectivity index (χ3v) is 3.79. The molecule has 3 heterocycles. The smallest absolute Gasteiger partial charge is 0.281 e. The van der Waals surface area contributed by atoms with Gasteiger partial charge in [0.05, 0.1) is 13.2 Å². The van der Waals surface area contributed by atoms with E-state index in [1.165, 1.54) is 24.3 Å². The van der Waals surface area contributed by atoms with E-state index in [9.17, 15) is 4.79 Å². The highest BCUT2D eigenvalue weighted by Crippen LogP contribution is 2.25. The van der Waals surface area contributed by atoms with Crippen molar-refractivity contribution in [1.82, 2.24) is 19.5 Å². The molecule has 0 saturated heterocycles. The van der Waals surface area contributed by atoms with Gasteiger partial charge >= 0.3 is 0 Å². The van der Waals surface area contributed by atoms with E-state index in [4.69, 9.17) is 4.74 Å². The normalized spacial score (nSPS) is 13.6. The summed E-state index contributed by atoms with van der Waals surface area (Å²) in [7, 11) is 0. The second-order valence-electron chi connectivity index (χ2n) is 5.30. The van der Waals surface area contributed by atoms with E-state index < -0.39 is 0 Å². The molecule has 0 spiro atoms. The number of hydrogen-bond acceptors (Lipinski definition) is 5. The van der Waals surface area contributed by atoms with Crippen molar-refractivity contribution >= 4 is 11.2 Å². The quantitative estimate of drug-likeness (QED) is 0.717. The fourth-order valence-corrected chi connectivity index (χ4v) is 2.71. The first-order valence-corrected chi connectivity index (χ1v) is 7.22. The Morgan fingerprint density at radius 3 is 3.05 bits per heavy atom. The van der Waals surface area contributed by atoms with Crippen LogP contribution in [0.2, 0.25) is 0 Å². The number of rotatable bonds is 2. The number of fused-ring (bicyclic) bond motifs is 2. The second-order valence-corrected chi connectivity index (χ2v) is 5.30. The number of aryl methyl sites for hydroxylation is 1. The molecule has 3 aromatic rings. The summed E-state index contributed by atoms with van der Waals surface area (Å²) in [4.78, 5) is 24.7. The zero-order valence-corrected chi connectivity index (χ0v) is 11.9. The van der Waals surface area contributed by atoms with E-state index in [2.05, 4.69) is 21.0 Å². The third-order valence-electron chi connectivity index (χ3n) is 3.79. The van der Waals surface area contributed by atoms with Gasteiger partial charge in [-0.25, -0.2) is 15.0 Å². The number of ether oxygens (including phenoxy) is 1. The van der Waals surface area contributed by atoms with E-state index in [1.807, 2.05) is 12.1 Å². The fraction of sp³-hybridized carbons (Fsp3) is 0.250. The Balaban J connectivity index is 1.72. The molecule has 0 saturated carbocycles. The van der Waals surface area contributed by atoms with E-state index >= 15 is 0 Å². The summed E-state index contributed by atoms with van der Waals surface area (Å²) in [6, 6.07) is 6.06. The molecule has 22 heavy (non-hydrogen) atoms. The molecule has 0 atom stereocenters. The summed E-state index contributed by atoms with van der Waals surface area (Å²) in [5.74, 6) is 0.949. The van der Waals surface area contributed by atoms with Gasteiger partial charge in [0.25, 0.3) is 5.56 Å². The van der Waals surface area contributed by atoms with Gasteiger partial charge < -0.3 is 4.74 Å². The molecule has 0 aliphatic carbocycles. The van der Waals surface area contributed by atoms with Crippen LogP contribution in [0.25, 0.3) is 11.2 Å². The highest BCUT2D eigenvalue weighted by molar-refractivity contribution is 5.66. The Morgan fingerprint density at radius 1 is 1.18 bits per heavy atom. The Kier molecular flexibility index (Phi) is 3.07. The van der Waals surface area contributed by atoms with Crippen LogP contribution in [0.1, 0.15) is 17.5 Å². The zero-order chi connectivity index (χ0) is 14.9. The molecule has 0 N–H and O–H groups in total. The Hall–Kier alpha value is -2.76. The standard InChI is InChI=1S/C16H14N4O2/c21-16-14-15(18-6-5-17-14)19-10-20(16)9-11-3-4-13-12(8-11)2-1-7-22-13/h3-6,8,10H,1-2,7,9H2. The maximum absolute atomic E-state index is 12.4. The van der Waals surface area contributed by atoms with Gasteiger partial charge in [0.15, 0.2) is 11.2 Å². The lowest BCUT2D eigenvalue weighted by Gasteiger charge is -2.18. The summed E-state index contributed by atoms with van der Waals surface area (Å²) in [6.45, 7) is 1.24. The van der Waals surface area contributed by atoms with Crippen LogP contribution in [0.15, 0.2) is 41.7 Å². The summed E-state index contributed by atoms with van der Waals surface area (Å²) >= 11 is 0. The minimum atomic E-state index is -0.174. The van der Waals surface area contributed by atoms with Crippen LogP contribution in [-0.2, 0) is 13.0 Å². The molecule has 0 unspecified atom stereocenters. The van der Waals surface area contributed by atoms with Crippen molar-refractivity contribution in [2.75, 3.05) is 6.61 Å². The average molecular weight is 294 g/mol. The maximum atomic E-state index is 12.4. The van der Waals surface area contributed by atoms with Gasteiger partial charge in [0, 0.05) is 12.4 Å². The lowest BCUT2D eigenvalue weighted by molar-refractivity contribution is 0.288. The van der Waals surface area contributed by atoms with Crippen molar-refractivity contribution in [2.45, 2.75) is 19.4 Å². The first-order chi connectivity index (χ1) is 10.8. The highest BCUT2D eigenvalue weighted by atomic mass is 16.5. The van der Waals surface area contributed by atoms with Crippen LogP contribution < -0.4 is 10.3 Å². The van der Waals surface area contributed by atoms with Gasteiger partial charge in [0.2, 0.25) is 0 Å². The molecule has 0 fully saturated rings. The zero-order valence-electron chi connectivity index (χ0n) is 11.9. The predicted octanol–water partition coefficient (Wildman–Crippen LogP) is 1.56. The van der Waals surface area contributed by atoms with Crippen LogP contribution in [0, 0.1) is 0 Å². The molecular formula is C16H14N4O2.